The van der Waals surface area contributed by atoms with E-state index in [1.807, 2.05) is 0 Å². The van der Waals surface area contributed by atoms with Crippen LogP contribution in [0.5, 0.6) is 0 Å². The highest BCUT2D eigenvalue weighted by Crippen LogP contribution is 2.35. The van der Waals surface area contributed by atoms with Crippen LogP contribution >= 0.6 is 15.9 Å². The third-order valence-corrected chi connectivity index (χ3v) is 5.31. The first kappa shape index (κ1) is 10.9. The van der Waals surface area contributed by atoms with Crippen molar-refractivity contribution in [1.82, 2.24) is 4.90 Å². The predicted molar refractivity (Wildman–Crippen MR) is 61.9 cm³/mol. The van der Waals surface area contributed by atoms with Crippen LogP contribution in [0.25, 0.3) is 0 Å². The number of likely N-dealkylation sites (tertiary alicyclic amines) is 1. The lowest BCUT2D eigenvalue weighted by Gasteiger charge is -2.35. The Balaban J connectivity index is 1.91. The smallest absolute Gasteiger partial charge is 0.0507 e. The first-order valence-corrected chi connectivity index (χ1v) is 6.49. The van der Waals surface area contributed by atoms with Crippen molar-refractivity contribution in [2.75, 3.05) is 26.3 Å². The van der Waals surface area contributed by atoms with Gasteiger partial charge in [-0.3, -0.25) is 4.90 Å². The number of ether oxygens (including phenoxy) is 1. The van der Waals surface area contributed by atoms with E-state index in [1.54, 1.807) is 0 Å². The van der Waals surface area contributed by atoms with Crippen LogP contribution in [0.15, 0.2) is 0 Å². The summed E-state index contributed by atoms with van der Waals surface area (Å²) in [6, 6.07) is 0. The minimum atomic E-state index is 0.322. The topological polar surface area (TPSA) is 12.5 Å². The van der Waals surface area contributed by atoms with Crippen LogP contribution in [0.4, 0.5) is 0 Å². The number of nitrogens with zero attached hydrogens (tertiary/aromatic N) is 1. The maximum atomic E-state index is 5.42. The largest absolute Gasteiger partial charge is 0.381 e. The average molecular weight is 262 g/mol. The summed E-state index contributed by atoms with van der Waals surface area (Å²) in [4.78, 5) is 3.27. The van der Waals surface area contributed by atoms with Gasteiger partial charge in [0.15, 0.2) is 0 Å². The second-order valence-corrected chi connectivity index (χ2v) is 6.19. The maximum absolute atomic E-state index is 5.42. The Kier molecular flexibility index (Phi) is 3.20. The number of alkyl halides is 1. The summed E-state index contributed by atoms with van der Waals surface area (Å²) < 4.78 is 5.42. The molecule has 2 saturated heterocycles. The molecule has 2 unspecified atom stereocenters. The van der Waals surface area contributed by atoms with Crippen molar-refractivity contribution in [3.63, 3.8) is 0 Å². The number of rotatable bonds is 2. The zero-order chi connectivity index (χ0) is 10.2. The van der Waals surface area contributed by atoms with E-state index in [9.17, 15) is 0 Å². The van der Waals surface area contributed by atoms with Crippen molar-refractivity contribution in [2.24, 2.45) is 5.92 Å². The number of hydrogen-bond acceptors (Lipinski definition) is 2. The van der Waals surface area contributed by atoms with Gasteiger partial charge in [-0.25, -0.2) is 0 Å². The fourth-order valence-corrected chi connectivity index (χ4v) is 2.97. The summed E-state index contributed by atoms with van der Waals surface area (Å²) in [5.41, 5.74) is 0.322. The molecule has 0 aliphatic carbocycles. The summed E-state index contributed by atoms with van der Waals surface area (Å²) in [6.45, 7) is 9.08. The third kappa shape index (κ3) is 2.00. The molecule has 0 spiro atoms. The van der Waals surface area contributed by atoms with Gasteiger partial charge in [-0.15, -0.1) is 0 Å². The van der Waals surface area contributed by atoms with E-state index in [0.29, 0.717) is 10.4 Å². The molecule has 2 atom stereocenters. The van der Waals surface area contributed by atoms with E-state index in [4.69, 9.17) is 4.74 Å². The Hall–Kier alpha value is 0.400. The van der Waals surface area contributed by atoms with Gasteiger partial charge in [0.05, 0.1) is 6.61 Å². The fraction of sp³-hybridized carbons (Fsp3) is 1.00. The van der Waals surface area contributed by atoms with E-state index in [0.717, 1.165) is 19.1 Å². The molecule has 0 bridgehead atoms. The summed E-state index contributed by atoms with van der Waals surface area (Å²) in [5, 5.41) is 0. The van der Waals surface area contributed by atoms with Crippen molar-refractivity contribution in [1.29, 1.82) is 0 Å². The van der Waals surface area contributed by atoms with Crippen molar-refractivity contribution >= 4 is 15.9 Å². The molecule has 2 rings (SSSR count). The molecule has 2 heterocycles. The van der Waals surface area contributed by atoms with E-state index in [-0.39, 0.29) is 0 Å². The van der Waals surface area contributed by atoms with Gasteiger partial charge in [0.2, 0.25) is 0 Å². The lowest BCUT2D eigenvalue weighted by atomic mass is 10.00. The molecule has 2 nitrogen and oxygen atoms in total. The Labute approximate surface area is 95.1 Å². The van der Waals surface area contributed by atoms with Crippen LogP contribution in [0.2, 0.25) is 0 Å². The van der Waals surface area contributed by atoms with Gasteiger partial charge in [-0.2, -0.15) is 0 Å². The van der Waals surface area contributed by atoms with E-state index >= 15 is 0 Å². The van der Waals surface area contributed by atoms with Gasteiger partial charge < -0.3 is 4.74 Å². The zero-order valence-electron chi connectivity index (χ0n) is 9.13. The maximum Gasteiger partial charge on any atom is 0.0507 e. The Morgan fingerprint density at radius 2 is 2.21 bits per heavy atom. The average Bonchev–Trinajstić information content (AvgIpc) is 2.70. The predicted octanol–water partition coefficient (Wildman–Crippen LogP) is 2.27. The number of halogens is 1. The van der Waals surface area contributed by atoms with Gasteiger partial charge in [0.25, 0.3) is 0 Å². The highest BCUT2D eigenvalue weighted by atomic mass is 79.9. The summed E-state index contributed by atoms with van der Waals surface area (Å²) in [6.07, 6.45) is 2.53. The van der Waals surface area contributed by atoms with Crippen LogP contribution in [-0.4, -0.2) is 41.6 Å². The molecule has 0 N–H and O–H groups in total. The molecule has 0 aromatic carbocycles. The highest BCUT2D eigenvalue weighted by molar-refractivity contribution is 9.09. The quantitative estimate of drug-likeness (QED) is 0.708. The monoisotopic (exact) mass is 261 g/mol. The standard InChI is InChI=1S/C11H20BrNO/c1-11(2)10(12)3-5-13(11)7-9-4-6-14-8-9/h9-10H,3-8H2,1-2H3. The molecule has 14 heavy (non-hydrogen) atoms. The molecule has 3 heteroatoms. The van der Waals surface area contributed by atoms with Crippen LogP contribution in [0.1, 0.15) is 26.7 Å². The molecule has 82 valence electrons. The highest BCUT2D eigenvalue weighted by Gasteiger charge is 2.40. The third-order valence-electron chi connectivity index (χ3n) is 3.74. The van der Waals surface area contributed by atoms with Gasteiger partial charge in [0.1, 0.15) is 0 Å². The second kappa shape index (κ2) is 4.11. The minimum Gasteiger partial charge on any atom is -0.381 e. The molecule has 0 amide bonds. The molecule has 2 aliphatic rings. The Morgan fingerprint density at radius 3 is 2.71 bits per heavy atom. The van der Waals surface area contributed by atoms with Gasteiger partial charge in [0, 0.05) is 23.5 Å². The molecular formula is C11H20BrNO. The normalized spacial score (nSPS) is 37.9. The van der Waals surface area contributed by atoms with E-state index in [1.165, 1.54) is 25.9 Å². The zero-order valence-corrected chi connectivity index (χ0v) is 10.7. The Morgan fingerprint density at radius 1 is 1.43 bits per heavy atom. The summed E-state index contributed by atoms with van der Waals surface area (Å²) in [7, 11) is 0. The van der Waals surface area contributed by atoms with Gasteiger partial charge in [-0.1, -0.05) is 15.9 Å². The van der Waals surface area contributed by atoms with Crippen molar-refractivity contribution in [2.45, 2.75) is 37.1 Å². The lowest BCUT2D eigenvalue weighted by molar-refractivity contribution is 0.133. The fourth-order valence-electron chi connectivity index (χ4n) is 2.47. The van der Waals surface area contributed by atoms with Gasteiger partial charge in [-0.05, 0) is 39.2 Å². The minimum absolute atomic E-state index is 0.322. The lowest BCUT2D eigenvalue weighted by Crippen LogP contribution is -2.45. The SMILES string of the molecule is CC1(C)C(Br)CCN1CC1CCOC1. The van der Waals surface area contributed by atoms with Gasteiger partial charge >= 0.3 is 0 Å². The molecule has 2 aliphatic heterocycles. The number of hydrogen-bond donors (Lipinski definition) is 0. The molecule has 0 aromatic heterocycles. The van der Waals surface area contributed by atoms with Crippen molar-refractivity contribution in [3.8, 4) is 0 Å². The molecule has 0 radical (unpaired) electrons. The van der Waals surface area contributed by atoms with Crippen LogP contribution in [0, 0.1) is 5.92 Å². The second-order valence-electron chi connectivity index (χ2n) is 5.09. The van der Waals surface area contributed by atoms with Crippen LogP contribution < -0.4 is 0 Å². The summed E-state index contributed by atoms with van der Waals surface area (Å²) >= 11 is 3.78. The van der Waals surface area contributed by atoms with E-state index < -0.39 is 0 Å². The van der Waals surface area contributed by atoms with Crippen molar-refractivity contribution < 1.29 is 4.74 Å². The molecule has 0 aromatic rings. The Bertz CT molecular complexity index is 201. The first-order valence-electron chi connectivity index (χ1n) is 5.57. The first-order chi connectivity index (χ1) is 6.60. The molecule has 2 fully saturated rings. The van der Waals surface area contributed by atoms with Crippen LogP contribution in [0.3, 0.4) is 0 Å². The summed E-state index contributed by atoms with van der Waals surface area (Å²) in [5.74, 6) is 0.770. The van der Waals surface area contributed by atoms with E-state index in [2.05, 4.69) is 34.7 Å². The molecule has 0 saturated carbocycles. The van der Waals surface area contributed by atoms with Crippen LogP contribution in [-0.2, 0) is 4.74 Å². The van der Waals surface area contributed by atoms with Crippen molar-refractivity contribution in [3.05, 3.63) is 0 Å². The molecular weight excluding hydrogens is 242 g/mol.